The Labute approximate surface area is 192 Å². The van der Waals surface area contributed by atoms with Crippen LogP contribution in [-0.4, -0.2) is 38.4 Å². The van der Waals surface area contributed by atoms with E-state index in [4.69, 9.17) is 0 Å². The lowest BCUT2D eigenvalue weighted by molar-refractivity contribution is -0.137. The molecule has 0 bridgehead atoms. The number of carbonyl (C=O) groups is 1. The number of rotatable bonds is 2. The maximum absolute atomic E-state index is 13.3. The molecule has 1 N–H and O–H groups in total. The van der Waals surface area contributed by atoms with Crippen molar-refractivity contribution >= 4 is 33.5 Å². The predicted octanol–water partition coefficient (Wildman–Crippen LogP) is 4.91. The first kappa shape index (κ1) is 22.0. The molecule has 0 saturated carbocycles. The third-order valence-electron chi connectivity index (χ3n) is 6.10. The minimum Gasteiger partial charge on any atom is -0.325 e. The van der Waals surface area contributed by atoms with E-state index in [2.05, 4.69) is 10.4 Å². The third-order valence-corrected chi connectivity index (χ3v) is 6.10. The number of nitrogens with one attached hydrogen (secondary N) is 1. The van der Waals surface area contributed by atoms with Crippen molar-refractivity contribution in [3.8, 4) is 5.69 Å². The van der Waals surface area contributed by atoms with Crippen LogP contribution in [-0.2, 0) is 13.2 Å². The van der Waals surface area contributed by atoms with Gasteiger partial charge in [0.2, 0.25) is 0 Å². The van der Waals surface area contributed by atoms with Gasteiger partial charge in [0.05, 0.1) is 16.5 Å². The normalized spacial score (nSPS) is 14.6. The fraction of sp³-hybridized carbons (Fsp3) is 0.292. The Balaban J connectivity index is 1.63. The average Bonchev–Trinajstić information content (AvgIpc) is 3.22. The van der Waals surface area contributed by atoms with Crippen LogP contribution >= 0.6 is 0 Å². The van der Waals surface area contributed by atoms with Crippen LogP contribution in [0.5, 0.6) is 0 Å². The molecule has 34 heavy (non-hydrogen) atoms. The Morgan fingerprint density at radius 2 is 1.71 bits per heavy atom. The summed E-state index contributed by atoms with van der Waals surface area (Å²) in [6, 6.07) is 9.37. The summed E-state index contributed by atoms with van der Waals surface area (Å²) < 4.78 is 42.0. The van der Waals surface area contributed by atoms with Crippen LogP contribution in [0.2, 0.25) is 0 Å². The van der Waals surface area contributed by atoms with Crippen molar-refractivity contribution in [2.75, 3.05) is 18.4 Å². The lowest BCUT2D eigenvalue weighted by Gasteiger charge is -2.26. The molecule has 5 rings (SSSR count). The minimum atomic E-state index is -4.47. The van der Waals surface area contributed by atoms with E-state index in [1.54, 1.807) is 36.3 Å². The number of halogens is 3. The van der Waals surface area contributed by atoms with Crippen molar-refractivity contribution in [2.45, 2.75) is 25.4 Å². The highest BCUT2D eigenvalue weighted by molar-refractivity contribution is 6.06. The summed E-state index contributed by atoms with van der Waals surface area (Å²) >= 11 is 0. The van der Waals surface area contributed by atoms with Gasteiger partial charge in [0.25, 0.3) is 5.56 Å². The summed E-state index contributed by atoms with van der Waals surface area (Å²) in [4.78, 5) is 27.8. The molecule has 4 aromatic rings. The predicted molar refractivity (Wildman–Crippen MR) is 123 cm³/mol. The first-order valence-electron chi connectivity index (χ1n) is 11.0. The molecule has 0 radical (unpaired) electrons. The topological polar surface area (TPSA) is 72.2 Å². The zero-order valence-corrected chi connectivity index (χ0v) is 18.4. The number of nitrogens with zero attached hydrogens (tertiary/aromatic N) is 4. The molecule has 0 atom stereocenters. The van der Waals surface area contributed by atoms with Crippen molar-refractivity contribution in [3.63, 3.8) is 0 Å². The number of aryl methyl sites for hydroxylation is 1. The second-order valence-electron chi connectivity index (χ2n) is 8.46. The number of carbonyl (C=O) groups excluding carboxylic acids is 1. The van der Waals surface area contributed by atoms with Gasteiger partial charge < -0.3 is 10.2 Å². The van der Waals surface area contributed by atoms with E-state index in [0.29, 0.717) is 46.3 Å². The maximum atomic E-state index is 13.3. The number of aromatic nitrogens is 3. The zero-order chi connectivity index (χ0) is 24.0. The van der Waals surface area contributed by atoms with E-state index < -0.39 is 11.7 Å². The van der Waals surface area contributed by atoms with Gasteiger partial charge in [-0.3, -0.25) is 14.0 Å². The van der Waals surface area contributed by atoms with Gasteiger partial charge in [-0.05, 0) is 61.7 Å². The molecule has 3 heterocycles. The highest BCUT2D eigenvalue weighted by Gasteiger charge is 2.30. The number of anilines is 1. The quantitative estimate of drug-likeness (QED) is 0.453. The SMILES string of the molecule is Cn1cc2c(=O)n(-c3ccc(C(F)(F)F)cc3)c3ccc(NC(=O)N4CCCCC4)cc3c2n1. The molecule has 2 amide bonds. The number of pyridine rings is 1. The van der Waals surface area contributed by atoms with Crippen molar-refractivity contribution in [2.24, 2.45) is 7.05 Å². The van der Waals surface area contributed by atoms with Crippen LogP contribution in [0, 0.1) is 0 Å². The molecule has 7 nitrogen and oxygen atoms in total. The van der Waals surface area contributed by atoms with Crippen LogP contribution in [0.3, 0.4) is 0 Å². The fourth-order valence-corrected chi connectivity index (χ4v) is 4.43. The number of alkyl halides is 3. The summed E-state index contributed by atoms with van der Waals surface area (Å²) in [5, 5.41) is 8.27. The van der Waals surface area contributed by atoms with E-state index in [-0.39, 0.29) is 11.6 Å². The number of hydrogen-bond donors (Lipinski definition) is 1. The number of fused-ring (bicyclic) bond motifs is 3. The van der Waals surface area contributed by atoms with Gasteiger partial charge in [-0.2, -0.15) is 18.3 Å². The van der Waals surface area contributed by atoms with Gasteiger partial charge in [-0.25, -0.2) is 4.79 Å². The number of amides is 2. The maximum Gasteiger partial charge on any atom is 0.416 e. The highest BCUT2D eigenvalue weighted by Crippen LogP contribution is 2.31. The van der Waals surface area contributed by atoms with Gasteiger partial charge >= 0.3 is 12.2 Å². The Morgan fingerprint density at radius 1 is 1.00 bits per heavy atom. The summed E-state index contributed by atoms with van der Waals surface area (Å²) in [6.07, 6.45) is 0.161. The van der Waals surface area contributed by atoms with Crippen LogP contribution in [0.15, 0.2) is 53.5 Å². The molecular formula is C24H22F3N5O2. The van der Waals surface area contributed by atoms with Gasteiger partial charge in [0.1, 0.15) is 5.52 Å². The van der Waals surface area contributed by atoms with E-state index in [1.807, 2.05) is 0 Å². The van der Waals surface area contributed by atoms with E-state index in [0.717, 1.165) is 31.4 Å². The molecule has 176 valence electrons. The summed E-state index contributed by atoms with van der Waals surface area (Å²) in [5.74, 6) is 0. The first-order chi connectivity index (χ1) is 16.2. The molecule has 0 aliphatic carbocycles. The second kappa shape index (κ2) is 8.19. The van der Waals surface area contributed by atoms with E-state index in [1.165, 1.54) is 21.4 Å². The molecular weight excluding hydrogens is 447 g/mol. The standard InChI is InChI=1S/C24H22F3N5O2/c1-30-14-19-21(29-30)18-13-16(28-23(34)31-11-3-2-4-12-31)7-10-20(18)32(22(19)33)17-8-5-15(6-9-17)24(25,26)27/h5-10,13-14H,2-4,11-12H2,1H3,(H,28,34). The second-order valence-corrected chi connectivity index (χ2v) is 8.46. The Kier molecular flexibility index (Phi) is 5.30. The van der Waals surface area contributed by atoms with Gasteiger partial charge in [0.15, 0.2) is 0 Å². The van der Waals surface area contributed by atoms with Crippen molar-refractivity contribution in [3.05, 3.63) is 64.6 Å². The summed E-state index contributed by atoms with van der Waals surface area (Å²) in [5.41, 5.74) is 0.609. The van der Waals surface area contributed by atoms with Crippen molar-refractivity contribution in [1.82, 2.24) is 19.2 Å². The number of benzene rings is 2. The van der Waals surface area contributed by atoms with Gasteiger partial charge in [-0.1, -0.05) is 0 Å². The minimum absolute atomic E-state index is 0.188. The zero-order valence-electron chi connectivity index (χ0n) is 18.4. The van der Waals surface area contributed by atoms with Crippen LogP contribution in [0.25, 0.3) is 27.5 Å². The molecule has 0 unspecified atom stereocenters. The molecule has 2 aromatic carbocycles. The first-order valence-corrected chi connectivity index (χ1v) is 11.0. The Hall–Kier alpha value is -3.82. The number of urea groups is 1. The largest absolute Gasteiger partial charge is 0.416 e. The molecule has 1 saturated heterocycles. The number of likely N-dealkylation sites (tertiary alicyclic amines) is 1. The van der Waals surface area contributed by atoms with Crippen molar-refractivity contribution < 1.29 is 18.0 Å². The van der Waals surface area contributed by atoms with E-state index >= 15 is 0 Å². The summed E-state index contributed by atoms with van der Waals surface area (Å²) in [7, 11) is 1.69. The molecule has 1 aliphatic rings. The monoisotopic (exact) mass is 469 g/mol. The highest BCUT2D eigenvalue weighted by atomic mass is 19.4. The average molecular weight is 469 g/mol. The lowest BCUT2D eigenvalue weighted by atomic mass is 10.1. The van der Waals surface area contributed by atoms with Gasteiger partial charge in [0, 0.05) is 43.1 Å². The number of piperidine rings is 1. The lowest BCUT2D eigenvalue weighted by Crippen LogP contribution is -2.38. The molecule has 2 aromatic heterocycles. The van der Waals surface area contributed by atoms with Crippen LogP contribution in [0.4, 0.5) is 23.7 Å². The summed E-state index contributed by atoms with van der Waals surface area (Å²) in [6.45, 7) is 1.41. The molecule has 1 fully saturated rings. The Bertz CT molecular complexity index is 1450. The third kappa shape index (κ3) is 3.89. The molecule has 0 spiro atoms. The smallest absolute Gasteiger partial charge is 0.325 e. The van der Waals surface area contributed by atoms with E-state index in [9.17, 15) is 22.8 Å². The molecule has 10 heteroatoms. The van der Waals surface area contributed by atoms with Crippen LogP contribution < -0.4 is 10.9 Å². The fourth-order valence-electron chi connectivity index (χ4n) is 4.43. The van der Waals surface area contributed by atoms with Gasteiger partial charge in [-0.15, -0.1) is 0 Å². The van der Waals surface area contributed by atoms with Crippen molar-refractivity contribution in [1.29, 1.82) is 0 Å². The number of hydrogen-bond acceptors (Lipinski definition) is 3. The molecule has 1 aliphatic heterocycles. The van der Waals surface area contributed by atoms with Crippen LogP contribution in [0.1, 0.15) is 24.8 Å². The Morgan fingerprint density at radius 3 is 2.38 bits per heavy atom.